The average molecular weight is 897 g/mol. The second-order valence-electron chi connectivity index (χ2n) is 14.6. The Balaban J connectivity index is 0.000000231. The fraction of sp³-hybridized carbons (Fsp3) is 0.400. The molecular weight excluding hydrogens is 855 g/mol. The Morgan fingerprint density at radius 1 is 0.705 bits per heavy atom. The number of benzene rings is 2. The topological polar surface area (TPSA) is 190 Å². The van der Waals surface area contributed by atoms with Crippen molar-refractivity contribution in [2.75, 3.05) is 49.5 Å². The van der Waals surface area contributed by atoms with Gasteiger partial charge in [0.25, 0.3) is 0 Å². The molecule has 4 aromatic rings. The van der Waals surface area contributed by atoms with Crippen LogP contribution in [0.4, 0.5) is 43.7 Å². The van der Waals surface area contributed by atoms with Gasteiger partial charge in [-0.25, -0.2) is 19.9 Å². The lowest BCUT2D eigenvalue weighted by Crippen LogP contribution is -2.40. The van der Waals surface area contributed by atoms with Crippen molar-refractivity contribution < 1.29 is 45.5 Å². The third kappa shape index (κ3) is 13.0. The lowest BCUT2D eigenvalue weighted by molar-refractivity contribution is -0.138. The summed E-state index contributed by atoms with van der Waals surface area (Å²) in [6.45, 7) is 1.66. The van der Waals surface area contributed by atoms with E-state index in [2.05, 4.69) is 25.3 Å². The molecular formula is C40H41Cl2F6N9O4. The van der Waals surface area contributed by atoms with Gasteiger partial charge in [0.2, 0.25) is 11.8 Å². The van der Waals surface area contributed by atoms with E-state index in [4.69, 9.17) is 34.7 Å². The highest BCUT2D eigenvalue weighted by Crippen LogP contribution is 2.32. The molecule has 4 heterocycles. The van der Waals surface area contributed by atoms with Crippen molar-refractivity contribution in [3.05, 3.63) is 99.3 Å². The van der Waals surface area contributed by atoms with Gasteiger partial charge in [0, 0.05) is 51.1 Å². The van der Waals surface area contributed by atoms with Gasteiger partial charge in [-0.3, -0.25) is 19.2 Å². The van der Waals surface area contributed by atoms with Crippen molar-refractivity contribution in [2.24, 2.45) is 11.8 Å². The van der Waals surface area contributed by atoms with Crippen LogP contribution in [0.25, 0.3) is 0 Å². The van der Waals surface area contributed by atoms with Gasteiger partial charge in [-0.15, -0.1) is 0 Å². The number of hydrogen-bond acceptors (Lipinski definition) is 11. The predicted molar refractivity (Wildman–Crippen MR) is 214 cm³/mol. The number of ketones is 2. The lowest BCUT2D eigenvalue weighted by Gasteiger charge is -2.32. The van der Waals surface area contributed by atoms with E-state index in [0.717, 1.165) is 37.1 Å². The van der Waals surface area contributed by atoms with Crippen LogP contribution in [-0.2, 0) is 28.4 Å². The fourth-order valence-electron chi connectivity index (χ4n) is 6.96. The number of nitrogens with zero attached hydrogens (tertiary/aromatic N) is 6. The first-order valence-corrected chi connectivity index (χ1v) is 19.8. The fourth-order valence-corrected chi connectivity index (χ4v) is 7.37. The average Bonchev–Trinajstić information content (AvgIpc) is 3.69. The highest BCUT2D eigenvalue weighted by atomic mass is 35.5. The van der Waals surface area contributed by atoms with Gasteiger partial charge in [0.05, 0.1) is 17.7 Å². The first-order valence-electron chi connectivity index (χ1n) is 19.0. The van der Waals surface area contributed by atoms with Gasteiger partial charge in [0.15, 0.2) is 11.6 Å². The molecule has 2 fully saturated rings. The Bertz CT molecular complexity index is 2230. The maximum absolute atomic E-state index is 12.8. The zero-order chi connectivity index (χ0) is 44.5. The maximum atomic E-state index is 12.8. The number of nitrogens with two attached hydrogens (primary N) is 2. The van der Waals surface area contributed by atoms with Crippen LogP contribution < -0.4 is 16.8 Å². The number of nitrogens with one attached hydrogen (secondary N) is 1. The van der Waals surface area contributed by atoms with Crippen molar-refractivity contribution in [1.82, 2.24) is 29.7 Å². The van der Waals surface area contributed by atoms with Crippen molar-refractivity contribution in [3.63, 3.8) is 0 Å². The van der Waals surface area contributed by atoms with Crippen molar-refractivity contribution in [2.45, 2.75) is 57.3 Å². The molecule has 2 atom stereocenters. The Morgan fingerprint density at radius 3 is 1.80 bits per heavy atom. The summed E-state index contributed by atoms with van der Waals surface area (Å²) in [5.74, 6) is -0.995. The number of amides is 2. The zero-order valence-electron chi connectivity index (χ0n) is 32.4. The number of rotatable bonds is 12. The number of halogens is 8. The van der Waals surface area contributed by atoms with Gasteiger partial charge in [0.1, 0.15) is 45.7 Å². The molecule has 13 nitrogen and oxygen atoms in total. The molecule has 0 saturated carbocycles. The number of nitrogen functional groups attached to an aromatic ring is 2. The molecule has 2 aromatic heterocycles. The summed E-state index contributed by atoms with van der Waals surface area (Å²) >= 11 is 12.0. The molecule has 326 valence electrons. The summed E-state index contributed by atoms with van der Waals surface area (Å²) in [4.78, 5) is 68.5. The molecule has 21 heteroatoms. The van der Waals surface area contributed by atoms with Crippen LogP contribution in [0.2, 0.25) is 10.0 Å². The minimum absolute atomic E-state index is 0.0127. The van der Waals surface area contributed by atoms with Crippen LogP contribution in [-0.4, -0.2) is 85.8 Å². The Morgan fingerprint density at radius 2 is 1.23 bits per heavy atom. The molecule has 2 amide bonds. The van der Waals surface area contributed by atoms with Crippen LogP contribution in [0.3, 0.4) is 0 Å². The van der Waals surface area contributed by atoms with Crippen molar-refractivity contribution >= 4 is 63.9 Å². The normalized spacial score (nSPS) is 16.7. The molecule has 0 spiro atoms. The van der Waals surface area contributed by atoms with Gasteiger partial charge in [-0.1, -0.05) is 47.5 Å². The van der Waals surface area contributed by atoms with E-state index in [1.807, 2.05) is 0 Å². The highest BCUT2D eigenvalue weighted by molar-refractivity contribution is 6.36. The molecule has 2 aromatic carbocycles. The largest absolute Gasteiger partial charge is 0.416 e. The van der Waals surface area contributed by atoms with E-state index >= 15 is 0 Å². The quantitative estimate of drug-likeness (QED) is 0.0947. The summed E-state index contributed by atoms with van der Waals surface area (Å²) in [7, 11) is 0. The molecule has 0 radical (unpaired) electrons. The van der Waals surface area contributed by atoms with E-state index in [0.29, 0.717) is 38.2 Å². The summed E-state index contributed by atoms with van der Waals surface area (Å²) in [5, 5.41) is 2.76. The van der Waals surface area contributed by atoms with Crippen LogP contribution in [0.1, 0.15) is 76.2 Å². The Kier molecular flexibility index (Phi) is 15.5. The molecule has 5 N–H and O–H groups in total. The van der Waals surface area contributed by atoms with Gasteiger partial charge in [-0.2, -0.15) is 26.3 Å². The minimum atomic E-state index is -4.45. The summed E-state index contributed by atoms with van der Waals surface area (Å²) in [6.07, 6.45) is -3.72. The van der Waals surface area contributed by atoms with Crippen LogP contribution in [0.15, 0.2) is 61.2 Å². The molecule has 61 heavy (non-hydrogen) atoms. The second-order valence-corrected chi connectivity index (χ2v) is 15.3. The first-order chi connectivity index (χ1) is 28.8. The molecule has 2 aliphatic heterocycles. The third-order valence-electron chi connectivity index (χ3n) is 10.1. The molecule has 2 aliphatic rings. The third-order valence-corrected chi connectivity index (χ3v) is 10.9. The number of carbonyl (C=O) groups excluding carboxylic acids is 4. The van der Waals surface area contributed by atoms with E-state index in [1.165, 1.54) is 30.9 Å². The van der Waals surface area contributed by atoms with E-state index < -0.39 is 23.5 Å². The van der Waals surface area contributed by atoms with Crippen LogP contribution in [0, 0.1) is 11.8 Å². The summed E-state index contributed by atoms with van der Waals surface area (Å²) in [5.41, 5.74) is 10.5. The van der Waals surface area contributed by atoms with Crippen molar-refractivity contribution in [3.8, 4) is 0 Å². The molecule has 0 bridgehead atoms. The second kappa shape index (κ2) is 20.3. The number of Topliss-reactive ketones (excluding diaryl/α,β-unsaturated/α-hetero) is 2. The standard InChI is InChI=1S/C21H22ClF3N4O2.C19H19ClF3N5O2/c22-18-19(27-12-28-20(18)26)16(30)10-14-4-2-8-29(11-14)17(31)7-6-13-3-1-5-15(9-13)21(23,24)25;20-16-17(26-10-27-18(16)24)14(29)6-11-4-5-28(9-11)15(30)8-25-13-3-1-2-12(7-13)19(21,22)23/h1,3,5,9,12,14H,2,4,6-8,10-11H2,(H2,26,27,28);1-3,7,10-11,25H,4-6,8-9H2,(H2,24,26,27). The molecule has 2 unspecified atom stereocenters. The van der Waals surface area contributed by atoms with Gasteiger partial charge >= 0.3 is 12.4 Å². The van der Waals surface area contributed by atoms with E-state index in [9.17, 15) is 45.5 Å². The first kappa shape index (κ1) is 46.5. The molecule has 6 rings (SSSR count). The predicted octanol–water partition coefficient (Wildman–Crippen LogP) is 7.44. The highest BCUT2D eigenvalue weighted by Gasteiger charge is 2.33. The van der Waals surface area contributed by atoms with E-state index in [1.54, 1.807) is 15.9 Å². The van der Waals surface area contributed by atoms with Crippen molar-refractivity contribution in [1.29, 1.82) is 0 Å². The number of hydrogen-bond donors (Lipinski definition) is 3. The van der Waals surface area contributed by atoms with Crippen LogP contribution >= 0.6 is 23.2 Å². The number of anilines is 3. The number of piperidine rings is 1. The summed E-state index contributed by atoms with van der Waals surface area (Å²) in [6, 6.07) is 9.66. The number of likely N-dealkylation sites (tertiary alicyclic amines) is 2. The lowest BCUT2D eigenvalue weighted by atomic mass is 9.91. The smallest absolute Gasteiger partial charge is 0.382 e. The van der Waals surface area contributed by atoms with E-state index in [-0.39, 0.29) is 106 Å². The Labute approximate surface area is 356 Å². The number of aryl methyl sites for hydroxylation is 1. The SMILES string of the molecule is Nc1ncnc(C(=O)CC2CCCN(C(=O)CCc3cccc(C(F)(F)F)c3)C2)c1Cl.Nc1ncnc(C(=O)CC2CCN(C(=O)CNc3cccc(C(F)(F)F)c3)C2)c1Cl. The van der Waals surface area contributed by atoms with Gasteiger partial charge in [-0.05, 0) is 67.3 Å². The van der Waals surface area contributed by atoms with Gasteiger partial charge < -0.3 is 26.6 Å². The zero-order valence-corrected chi connectivity index (χ0v) is 33.9. The van der Waals surface area contributed by atoms with Crippen LogP contribution in [0.5, 0.6) is 0 Å². The Hall–Kier alpha value is -5.56. The molecule has 0 aliphatic carbocycles. The minimum Gasteiger partial charge on any atom is -0.382 e. The monoisotopic (exact) mass is 895 g/mol. The number of carbonyl (C=O) groups is 4. The summed E-state index contributed by atoms with van der Waals surface area (Å²) < 4.78 is 76.9. The molecule has 2 saturated heterocycles. The maximum Gasteiger partial charge on any atom is 0.416 e. The number of aromatic nitrogens is 4. The number of alkyl halides is 6.